The molecule has 1 aromatic carbocycles. The molecule has 19 heavy (non-hydrogen) atoms. The fourth-order valence-corrected chi connectivity index (χ4v) is 1.82. The molecule has 0 amide bonds. The van der Waals surface area contributed by atoms with E-state index < -0.39 is 0 Å². The first-order valence-corrected chi connectivity index (χ1v) is 6.06. The lowest BCUT2D eigenvalue weighted by molar-refractivity contribution is 0.299. The van der Waals surface area contributed by atoms with E-state index in [1.807, 2.05) is 48.5 Å². The van der Waals surface area contributed by atoms with E-state index >= 15 is 0 Å². The number of aromatic nitrogens is 1. The fraction of sp³-hybridized carbons (Fsp3) is 0.125. The average Bonchev–Trinajstić information content (AvgIpc) is 2.46. The summed E-state index contributed by atoms with van der Waals surface area (Å²) >= 11 is 0. The number of pyridine rings is 1. The third-order valence-electron chi connectivity index (χ3n) is 2.72. The van der Waals surface area contributed by atoms with Crippen LogP contribution in [0.4, 0.5) is 0 Å². The second kappa shape index (κ2) is 6.48. The molecule has 0 unspecified atom stereocenters. The molecule has 1 heterocycles. The van der Waals surface area contributed by atoms with Crippen molar-refractivity contribution >= 4 is 11.6 Å². The maximum atomic E-state index is 9.22. The molecule has 1 N–H and O–H groups in total. The van der Waals surface area contributed by atoms with E-state index in [0.717, 1.165) is 11.1 Å². The molecule has 3 heteroatoms. The van der Waals surface area contributed by atoms with Crippen molar-refractivity contribution in [3.63, 3.8) is 0 Å². The van der Waals surface area contributed by atoms with E-state index in [2.05, 4.69) is 11.1 Å². The van der Waals surface area contributed by atoms with Crippen molar-refractivity contribution in [3.05, 3.63) is 65.5 Å². The number of aliphatic hydroxyl groups is 1. The molecule has 0 fully saturated rings. The van der Waals surface area contributed by atoms with Gasteiger partial charge in [-0.3, -0.25) is 4.98 Å². The normalized spacial score (nSPS) is 11.1. The number of allylic oxidation sites excluding steroid dienone is 1. The van der Waals surface area contributed by atoms with Gasteiger partial charge in [-0.05, 0) is 35.8 Å². The standard InChI is InChI=1S/C16H14N2O/c17-12-15(16-6-1-2-8-18-16)11-14-5-3-4-13(10-14)7-9-19/h1-6,8,10-11,19H,7,9H2/b15-11-. The molecular weight excluding hydrogens is 236 g/mol. The number of nitriles is 1. The van der Waals surface area contributed by atoms with Gasteiger partial charge in [0.25, 0.3) is 0 Å². The minimum absolute atomic E-state index is 0.124. The smallest absolute Gasteiger partial charge is 0.101 e. The van der Waals surface area contributed by atoms with Crippen LogP contribution in [-0.2, 0) is 6.42 Å². The average molecular weight is 250 g/mol. The van der Waals surface area contributed by atoms with Gasteiger partial charge in [0.05, 0.1) is 11.3 Å². The third kappa shape index (κ3) is 3.51. The molecule has 94 valence electrons. The van der Waals surface area contributed by atoms with Gasteiger partial charge < -0.3 is 5.11 Å². The molecular formula is C16H14N2O. The molecule has 0 radical (unpaired) electrons. The third-order valence-corrected chi connectivity index (χ3v) is 2.72. The van der Waals surface area contributed by atoms with Crippen molar-refractivity contribution in [2.45, 2.75) is 6.42 Å². The second-order valence-electron chi connectivity index (χ2n) is 4.10. The van der Waals surface area contributed by atoms with Crippen LogP contribution in [0.5, 0.6) is 0 Å². The Morgan fingerprint density at radius 2 is 2.16 bits per heavy atom. The summed E-state index contributed by atoms with van der Waals surface area (Å²) in [5, 5.41) is 18.2. The molecule has 0 spiro atoms. The summed E-state index contributed by atoms with van der Waals surface area (Å²) in [5.74, 6) is 0. The lowest BCUT2D eigenvalue weighted by Crippen LogP contribution is -1.91. The van der Waals surface area contributed by atoms with Gasteiger partial charge in [0.15, 0.2) is 0 Å². The van der Waals surface area contributed by atoms with E-state index in [-0.39, 0.29) is 6.61 Å². The van der Waals surface area contributed by atoms with Crippen LogP contribution >= 0.6 is 0 Å². The second-order valence-corrected chi connectivity index (χ2v) is 4.10. The summed E-state index contributed by atoms with van der Waals surface area (Å²) in [7, 11) is 0. The molecule has 0 aliphatic heterocycles. The Bertz CT molecular complexity index is 612. The topological polar surface area (TPSA) is 56.9 Å². The summed E-state index contributed by atoms with van der Waals surface area (Å²) < 4.78 is 0. The zero-order chi connectivity index (χ0) is 13.5. The van der Waals surface area contributed by atoms with Crippen LogP contribution in [0.2, 0.25) is 0 Å². The SMILES string of the molecule is N#C/C(=C/c1cccc(CCO)c1)c1ccccn1. The van der Waals surface area contributed by atoms with Crippen molar-refractivity contribution in [3.8, 4) is 6.07 Å². The van der Waals surface area contributed by atoms with Gasteiger partial charge in [-0.1, -0.05) is 30.3 Å². The molecule has 0 saturated heterocycles. The van der Waals surface area contributed by atoms with E-state index in [1.165, 1.54) is 0 Å². The van der Waals surface area contributed by atoms with Crippen LogP contribution in [0.3, 0.4) is 0 Å². The molecule has 0 aliphatic rings. The maximum absolute atomic E-state index is 9.22. The quantitative estimate of drug-likeness (QED) is 0.849. The lowest BCUT2D eigenvalue weighted by atomic mass is 10.0. The summed E-state index contributed by atoms with van der Waals surface area (Å²) in [4.78, 5) is 4.17. The first-order valence-electron chi connectivity index (χ1n) is 6.06. The Labute approximate surface area is 112 Å². The van der Waals surface area contributed by atoms with Crippen molar-refractivity contribution < 1.29 is 5.11 Å². The Balaban J connectivity index is 2.33. The summed E-state index contributed by atoms with van der Waals surface area (Å²) in [6.07, 6.45) is 4.10. The van der Waals surface area contributed by atoms with Crippen LogP contribution in [0.15, 0.2) is 48.7 Å². The predicted octanol–water partition coefficient (Wildman–Crippen LogP) is 2.68. The maximum Gasteiger partial charge on any atom is 0.101 e. The van der Waals surface area contributed by atoms with Gasteiger partial charge in [0, 0.05) is 12.8 Å². The monoisotopic (exact) mass is 250 g/mol. The summed E-state index contributed by atoms with van der Waals surface area (Å²) in [6.45, 7) is 0.124. The van der Waals surface area contributed by atoms with Gasteiger partial charge >= 0.3 is 0 Å². The summed E-state index contributed by atoms with van der Waals surface area (Å²) in [5.41, 5.74) is 3.18. The lowest BCUT2D eigenvalue weighted by Gasteiger charge is -2.01. The zero-order valence-corrected chi connectivity index (χ0v) is 10.5. The highest BCUT2D eigenvalue weighted by atomic mass is 16.2. The molecule has 3 nitrogen and oxygen atoms in total. The molecule has 0 bridgehead atoms. The van der Waals surface area contributed by atoms with Crippen LogP contribution in [0.25, 0.3) is 11.6 Å². The Morgan fingerprint density at radius 1 is 1.26 bits per heavy atom. The largest absolute Gasteiger partial charge is 0.396 e. The fourth-order valence-electron chi connectivity index (χ4n) is 1.82. The van der Waals surface area contributed by atoms with E-state index in [4.69, 9.17) is 5.11 Å². The molecule has 1 aromatic heterocycles. The molecule has 0 aliphatic carbocycles. The predicted molar refractivity (Wildman–Crippen MR) is 75.0 cm³/mol. The van der Waals surface area contributed by atoms with Gasteiger partial charge in [-0.25, -0.2) is 0 Å². The van der Waals surface area contributed by atoms with Crippen molar-refractivity contribution in [2.75, 3.05) is 6.61 Å². The van der Waals surface area contributed by atoms with E-state index in [0.29, 0.717) is 17.7 Å². The van der Waals surface area contributed by atoms with Crippen molar-refractivity contribution in [2.24, 2.45) is 0 Å². The number of nitrogens with zero attached hydrogens (tertiary/aromatic N) is 2. The summed E-state index contributed by atoms with van der Waals surface area (Å²) in [6, 6.07) is 15.4. The van der Waals surface area contributed by atoms with Gasteiger partial charge in [0.1, 0.15) is 6.07 Å². The molecule has 2 rings (SSSR count). The van der Waals surface area contributed by atoms with Gasteiger partial charge in [-0.15, -0.1) is 0 Å². The first kappa shape index (κ1) is 13.0. The van der Waals surface area contributed by atoms with Crippen molar-refractivity contribution in [1.82, 2.24) is 4.98 Å². The van der Waals surface area contributed by atoms with Gasteiger partial charge in [-0.2, -0.15) is 5.26 Å². The minimum Gasteiger partial charge on any atom is -0.396 e. The number of aliphatic hydroxyl groups excluding tert-OH is 1. The number of benzene rings is 1. The van der Waals surface area contributed by atoms with E-state index in [9.17, 15) is 5.26 Å². The van der Waals surface area contributed by atoms with Crippen LogP contribution in [0.1, 0.15) is 16.8 Å². The zero-order valence-electron chi connectivity index (χ0n) is 10.5. The Kier molecular flexibility index (Phi) is 4.44. The first-order chi connectivity index (χ1) is 9.33. The molecule has 0 atom stereocenters. The number of hydrogen-bond donors (Lipinski definition) is 1. The van der Waals surface area contributed by atoms with Crippen molar-refractivity contribution in [1.29, 1.82) is 5.26 Å². The van der Waals surface area contributed by atoms with E-state index in [1.54, 1.807) is 6.20 Å². The molecule has 2 aromatic rings. The van der Waals surface area contributed by atoms with Crippen LogP contribution in [-0.4, -0.2) is 16.7 Å². The Hall–Kier alpha value is -2.44. The van der Waals surface area contributed by atoms with Crippen LogP contribution < -0.4 is 0 Å². The highest BCUT2D eigenvalue weighted by Gasteiger charge is 2.02. The number of rotatable bonds is 4. The molecule has 0 saturated carbocycles. The number of hydrogen-bond acceptors (Lipinski definition) is 3. The Morgan fingerprint density at radius 3 is 2.84 bits per heavy atom. The minimum atomic E-state index is 0.124. The van der Waals surface area contributed by atoms with Crippen LogP contribution in [0, 0.1) is 11.3 Å². The van der Waals surface area contributed by atoms with Gasteiger partial charge in [0.2, 0.25) is 0 Å². The highest BCUT2D eigenvalue weighted by molar-refractivity contribution is 5.88. The highest BCUT2D eigenvalue weighted by Crippen LogP contribution is 2.16.